The van der Waals surface area contributed by atoms with Crippen molar-refractivity contribution < 1.29 is 29.7 Å². The summed E-state index contributed by atoms with van der Waals surface area (Å²) in [7, 11) is 0. The van der Waals surface area contributed by atoms with Gasteiger partial charge in [-0.1, -0.05) is 18.2 Å². The van der Waals surface area contributed by atoms with E-state index in [1.54, 1.807) is 0 Å². The van der Waals surface area contributed by atoms with Crippen molar-refractivity contribution in [2.24, 2.45) is 0 Å². The van der Waals surface area contributed by atoms with E-state index in [-0.39, 0.29) is 11.1 Å². The fraction of sp³-hybridized carbons (Fsp3) is 0.182. The monoisotopic (exact) mass is 253 g/mol. The van der Waals surface area contributed by atoms with Crippen LogP contribution in [0.15, 0.2) is 24.3 Å². The van der Waals surface area contributed by atoms with Crippen molar-refractivity contribution in [2.75, 3.05) is 6.54 Å². The summed E-state index contributed by atoms with van der Waals surface area (Å²) in [5, 5.41) is 28.7. The van der Waals surface area contributed by atoms with Crippen LogP contribution in [0.1, 0.15) is 22.0 Å². The third-order valence-corrected chi connectivity index (χ3v) is 2.21. The Labute approximate surface area is 102 Å². The highest BCUT2D eigenvalue weighted by atomic mass is 16.4. The third-order valence-electron chi connectivity index (χ3n) is 2.21. The molecule has 0 heterocycles. The molecule has 0 aromatic heterocycles. The van der Waals surface area contributed by atoms with Gasteiger partial charge in [0, 0.05) is 0 Å². The maximum atomic E-state index is 11.0. The van der Waals surface area contributed by atoms with E-state index in [2.05, 4.69) is 5.32 Å². The van der Waals surface area contributed by atoms with Crippen LogP contribution in [-0.2, 0) is 9.59 Å². The molecule has 96 valence electrons. The first kappa shape index (κ1) is 13.7. The van der Waals surface area contributed by atoms with E-state index in [0.717, 1.165) is 0 Å². The Morgan fingerprint density at radius 2 is 1.72 bits per heavy atom. The Hall–Kier alpha value is -2.41. The van der Waals surface area contributed by atoms with Gasteiger partial charge >= 0.3 is 17.9 Å². The molecule has 7 heteroatoms. The molecule has 1 atom stereocenters. The van der Waals surface area contributed by atoms with Crippen LogP contribution in [0.3, 0.4) is 0 Å². The van der Waals surface area contributed by atoms with Gasteiger partial charge in [-0.05, 0) is 11.6 Å². The van der Waals surface area contributed by atoms with Gasteiger partial charge in [-0.3, -0.25) is 14.9 Å². The normalized spacial score (nSPS) is 11.8. The van der Waals surface area contributed by atoms with Crippen LogP contribution < -0.4 is 5.32 Å². The first-order valence-electron chi connectivity index (χ1n) is 4.93. The summed E-state index contributed by atoms with van der Waals surface area (Å²) in [5.74, 6) is -3.84. The Kier molecular flexibility index (Phi) is 4.39. The van der Waals surface area contributed by atoms with Crippen LogP contribution in [0.4, 0.5) is 0 Å². The van der Waals surface area contributed by atoms with E-state index in [0.29, 0.717) is 0 Å². The third kappa shape index (κ3) is 3.29. The first-order chi connectivity index (χ1) is 8.43. The molecule has 0 bridgehead atoms. The molecule has 1 rings (SSSR count). The zero-order valence-corrected chi connectivity index (χ0v) is 9.16. The molecule has 0 aliphatic heterocycles. The Morgan fingerprint density at radius 3 is 2.22 bits per heavy atom. The molecule has 1 unspecified atom stereocenters. The van der Waals surface area contributed by atoms with Crippen LogP contribution in [0.25, 0.3) is 0 Å². The summed E-state index contributed by atoms with van der Waals surface area (Å²) in [5.41, 5.74) is -0.165. The number of aliphatic carboxylic acids is 2. The largest absolute Gasteiger partial charge is 0.480 e. The topological polar surface area (TPSA) is 124 Å². The average Bonchev–Trinajstić information content (AvgIpc) is 2.28. The van der Waals surface area contributed by atoms with Crippen molar-refractivity contribution in [3.05, 3.63) is 35.4 Å². The van der Waals surface area contributed by atoms with E-state index in [1.165, 1.54) is 24.3 Å². The fourth-order valence-corrected chi connectivity index (χ4v) is 1.46. The van der Waals surface area contributed by atoms with Gasteiger partial charge in [-0.15, -0.1) is 0 Å². The summed E-state index contributed by atoms with van der Waals surface area (Å²) in [6, 6.07) is 4.16. The maximum Gasteiger partial charge on any atom is 0.336 e. The zero-order valence-electron chi connectivity index (χ0n) is 9.16. The van der Waals surface area contributed by atoms with Crippen LogP contribution in [0, 0.1) is 0 Å². The average molecular weight is 253 g/mol. The Balaban J connectivity index is 3.09. The molecule has 0 aliphatic rings. The van der Waals surface area contributed by atoms with Gasteiger partial charge < -0.3 is 15.3 Å². The fourth-order valence-electron chi connectivity index (χ4n) is 1.46. The molecule has 4 N–H and O–H groups in total. The van der Waals surface area contributed by atoms with Gasteiger partial charge in [0.2, 0.25) is 0 Å². The van der Waals surface area contributed by atoms with E-state index in [4.69, 9.17) is 15.3 Å². The summed E-state index contributed by atoms with van der Waals surface area (Å²) >= 11 is 0. The van der Waals surface area contributed by atoms with Gasteiger partial charge in [-0.25, -0.2) is 4.79 Å². The minimum Gasteiger partial charge on any atom is -0.480 e. The van der Waals surface area contributed by atoms with Crippen molar-refractivity contribution in [2.45, 2.75) is 6.04 Å². The smallest absolute Gasteiger partial charge is 0.336 e. The van der Waals surface area contributed by atoms with Crippen molar-refractivity contribution in [1.82, 2.24) is 5.32 Å². The number of aromatic carboxylic acids is 1. The predicted octanol–water partition coefficient (Wildman–Crippen LogP) is 0.185. The number of rotatable bonds is 6. The van der Waals surface area contributed by atoms with Crippen LogP contribution in [0.2, 0.25) is 0 Å². The van der Waals surface area contributed by atoms with Crippen molar-refractivity contribution in [3.8, 4) is 0 Å². The second kappa shape index (κ2) is 5.78. The highest BCUT2D eigenvalue weighted by Gasteiger charge is 2.24. The number of benzene rings is 1. The van der Waals surface area contributed by atoms with E-state index >= 15 is 0 Å². The van der Waals surface area contributed by atoms with Gasteiger partial charge in [0.25, 0.3) is 0 Å². The molecule has 0 saturated carbocycles. The molecule has 18 heavy (non-hydrogen) atoms. The molecule has 0 saturated heterocycles. The Morgan fingerprint density at radius 1 is 1.11 bits per heavy atom. The molecule has 0 fully saturated rings. The molecule has 1 aromatic carbocycles. The van der Waals surface area contributed by atoms with E-state index in [1.807, 2.05) is 0 Å². The predicted molar refractivity (Wildman–Crippen MR) is 59.4 cm³/mol. The maximum absolute atomic E-state index is 11.0. The first-order valence-corrected chi connectivity index (χ1v) is 4.93. The molecule has 0 aliphatic carbocycles. The standard InChI is InChI=1S/C11H11NO6/c13-8(14)5-12-9(11(17)18)6-3-1-2-4-7(6)10(15)16/h1-4,9,12H,5H2,(H,13,14)(H,15,16)(H,17,18). The van der Waals surface area contributed by atoms with Crippen molar-refractivity contribution in [3.63, 3.8) is 0 Å². The number of carboxylic acid groups (broad SMARTS) is 3. The Bertz CT molecular complexity index is 484. The van der Waals surface area contributed by atoms with Crippen LogP contribution >= 0.6 is 0 Å². The van der Waals surface area contributed by atoms with Crippen molar-refractivity contribution >= 4 is 17.9 Å². The summed E-state index contributed by atoms with van der Waals surface area (Å²) in [6.07, 6.45) is 0. The van der Waals surface area contributed by atoms with Gasteiger partial charge in [0.05, 0.1) is 12.1 Å². The highest BCUT2D eigenvalue weighted by Crippen LogP contribution is 2.18. The molecular weight excluding hydrogens is 242 g/mol. The lowest BCUT2D eigenvalue weighted by molar-refractivity contribution is -0.140. The van der Waals surface area contributed by atoms with E-state index in [9.17, 15) is 14.4 Å². The molecule has 1 aromatic rings. The summed E-state index contributed by atoms with van der Waals surface area (Å²) in [4.78, 5) is 32.4. The summed E-state index contributed by atoms with van der Waals surface area (Å²) < 4.78 is 0. The van der Waals surface area contributed by atoms with Gasteiger partial charge in [-0.2, -0.15) is 0 Å². The lowest BCUT2D eigenvalue weighted by Crippen LogP contribution is -2.33. The quantitative estimate of drug-likeness (QED) is 0.570. The van der Waals surface area contributed by atoms with Crippen LogP contribution in [0.5, 0.6) is 0 Å². The minimum atomic E-state index is -1.38. The second-order valence-corrected chi connectivity index (χ2v) is 3.44. The number of hydrogen-bond donors (Lipinski definition) is 4. The van der Waals surface area contributed by atoms with Crippen molar-refractivity contribution in [1.29, 1.82) is 0 Å². The molecule has 0 spiro atoms. The number of nitrogens with one attached hydrogen (secondary N) is 1. The van der Waals surface area contributed by atoms with Gasteiger partial charge in [0.1, 0.15) is 6.04 Å². The minimum absolute atomic E-state index is 0.0127. The summed E-state index contributed by atoms with van der Waals surface area (Å²) in [6.45, 7) is -0.578. The lowest BCUT2D eigenvalue weighted by Gasteiger charge is -2.15. The SMILES string of the molecule is O=C(O)CNC(C(=O)O)c1ccccc1C(=O)O. The number of hydrogen-bond acceptors (Lipinski definition) is 4. The molecule has 7 nitrogen and oxygen atoms in total. The highest BCUT2D eigenvalue weighted by molar-refractivity contribution is 5.92. The van der Waals surface area contributed by atoms with Crippen LogP contribution in [-0.4, -0.2) is 39.8 Å². The molecular formula is C11H11NO6. The lowest BCUT2D eigenvalue weighted by atomic mass is 10.0. The second-order valence-electron chi connectivity index (χ2n) is 3.44. The molecule has 0 amide bonds. The number of carboxylic acids is 3. The van der Waals surface area contributed by atoms with E-state index < -0.39 is 30.5 Å². The zero-order chi connectivity index (χ0) is 13.7. The van der Waals surface area contributed by atoms with Gasteiger partial charge in [0.15, 0.2) is 0 Å². The number of carbonyl (C=O) groups is 3. The molecule has 0 radical (unpaired) electrons.